The van der Waals surface area contributed by atoms with Gasteiger partial charge in [0.15, 0.2) is 0 Å². The summed E-state index contributed by atoms with van der Waals surface area (Å²) in [6.45, 7) is 2.13. The van der Waals surface area contributed by atoms with Gasteiger partial charge in [0.1, 0.15) is 5.75 Å². The summed E-state index contributed by atoms with van der Waals surface area (Å²) < 4.78 is 5.12. The van der Waals surface area contributed by atoms with Gasteiger partial charge in [0.05, 0.1) is 20.2 Å². The lowest BCUT2D eigenvalue weighted by atomic mass is 9.93. The molecule has 0 heterocycles. The molecule has 0 atom stereocenters. The maximum absolute atomic E-state index is 13.1. The molecule has 7 heteroatoms. The average Bonchev–Trinajstić information content (AvgIpc) is 2.90. The lowest BCUT2D eigenvalue weighted by molar-refractivity contribution is -0.139. The van der Waals surface area contributed by atoms with Crippen molar-refractivity contribution in [2.75, 3.05) is 25.5 Å². The van der Waals surface area contributed by atoms with Crippen LogP contribution in [0.4, 0.5) is 5.69 Å². The zero-order valence-electron chi connectivity index (χ0n) is 22.5. The second-order valence-corrected chi connectivity index (χ2v) is 9.95. The molecule has 0 bridgehead atoms. The van der Waals surface area contributed by atoms with Crippen LogP contribution in [0.3, 0.4) is 0 Å². The van der Waals surface area contributed by atoms with Crippen LogP contribution in [0.2, 0.25) is 0 Å². The van der Waals surface area contributed by atoms with E-state index in [2.05, 4.69) is 17.6 Å². The van der Waals surface area contributed by atoms with Gasteiger partial charge in [-0.3, -0.25) is 14.4 Å². The second kappa shape index (κ2) is 17.8. The van der Waals surface area contributed by atoms with Gasteiger partial charge in [0.2, 0.25) is 17.7 Å². The molecule has 7 nitrogen and oxygen atoms in total. The molecular weight excluding hydrogens is 454 g/mol. The highest BCUT2D eigenvalue weighted by atomic mass is 16.5. The van der Waals surface area contributed by atoms with E-state index in [4.69, 9.17) is 4.74 Å². The first kappa shape index (κ1) is 29.7. The molecule has 0 radical (unpaired) electrons. The van der Waals surface area contributed by atoms with Gasteiger partial charge in [-0.1, -0.05) is 77.6 Å². The first-order valence-electron chi connectivity index (χ1n) is 14.0. The first-order valence-corrected chi connectivity index (χ1v) is 14.0. The number of nitrogens with one attached hydrogen (secondary N) is 2. The molecule has 2 N–H and O–H groups in total. The van der Waals surface area contributed by atoms with Crippen LogP contribution in [0.25, 0.3) is 0 Å². The molecule has 1 aliphatic rings. The van der Waals surface area contributed by atoms with Crippen molar-refractivity contribution in [1.29, 1.82) is 0 Å². The van der Waals surface area contributed by atoms with E-state index in [0.717, 1.165) is 38.5 Å². The fourth-order valence-electron chi connectivity index (χ4n) is 4.81. The van der Waals surface area contributed by atoms with Crippen LogP contribution in [0, 0.1) is 0 Å². The van der Waals surface area contributed by atoms with Crippen molar-refractivity contribution in [2.24, 2.45) is 0 Å². The quantitative estimate of drug-likeness (QED) is 0.263. The van der Waals surface area contributed by atoms with E-state index in [1.54, 1.807) is 36.3 Å². The number of rotatable bonds is 17. The molecule has 0 spiro atoms. The minimum absolute atomic E-state index is 0.0245. The Hall–Kier alpha value is -2.57. The fraction of sp³-hybridized carbons (Fsp3) is 0.690. The van der Waals surface area contributed by atoms with Crippen molar-refractivity contribution in [1.82, 2.24) is 10.2 Å². The molecule has 3 amide bonds. The lowest BCUT2D eigenvalue weighted by Gasteiger charge is -2.34. The van der Waals surface area contributed by atoms with Crippen LogP contribution in [0.5, 0.6) is 5.75 Å². The summed E-state index contributed by atoms with van der Waals surface area (Å²) in [6, 6.07) is 7.14. The molecule has 0 saturated heterocycles. The van der Waals surface area contributed by atoms with Gasteiger partial charge in [0.25, 0.3) is 0 Å². The number of methoxy groups -OCH3 is 1. The van der Waals surface area contributed by atoms with Crippen LogP contribution in [0.15, 0.2) is 24.3 Å². The Morgan fingerprint density at radius 3 is 2.08 bits per heavy atom. The smallest absolute Gasteiger partial charge is 0.243 e. The number of anilines is 1. The van der Waals surface area contributed by atoms with Crippen LogP contribution < -0.4 is 15.4 Å². The van der Waals surface area contributed by atoms with Crippen molar-refractivity contribution >= 4 is 23.4 Å². The number of hydrogen-bond acceptors (Lipinski definition) is 4. The van der Waals surface area contributed by atoms with E-state index in [1.807, 2.05) is 0 Å². The maximum Gasteiger partial charge on any atom is 0.243 e. The molecule has 202 valence electrons. The third kappa shape index (κ3) is 11.9. The molecule has 36 heavy (non-hydrogen) atoms. The zero-order chi connectivity index (χ0) is 26.0. The van der Waals surface area contributed by atoms with Crippen LogP contribution in [-0.2, 0) is 14.4 Å². The number of nitrogens with zero attached hydrogens (tertiary/aromatic N) is 1. The van der Waals surface area contributed by atoms with E-state index in [0.29, 0.717) is 17.9 Å². The Kier molecular flexibility index (Phi) is 14.7. The van der Waals surface area contributed by atoms with E-state index in [9.17, 15) is 14.4 Å². The summed E-state index contributed by atoms with van der Waals surface area (Å²) >= 11 is 0. The Morgan fingerprint density at radius 1 is 0.861 bits per heavy atom. The molecule has 0 aromatic heterocycles. The number of carbonyl (C=O) groups is 3. The Bertz CT molecular complexity index is 775. The molecule has 1 aromatic rings. The van der Waals surface area contributed by atoms with Crippen LogP contribution >= 0.6 is 0 Å². The molecule has 0 unspecified atom stereocenters. The highest BCUT2D eigenvalue weighted by Gasteiger charge is 2.27. The van der Waals surface area contributed by atoms with Crippen molar-refractivity contribution < 1.29 is 19.1 Å². The summed E-state index contributed by atoms with van der Waals surface area (Å²) in [5.41, 5.74) is 0.634. The monoisotopic (exact) mass is 501 g/mol. The van der Waals surface area contributed by atoms with E-state index in [1.165, 1.54) is 51.4 Å². The maximum atomic E-state index is 13.1. The predicted molar refractivity (Wildman–Crippen MR) is 145 cm³/mol. The summed E-state index contributed by atoms with van der Waals surface area (Å²) in [6.07, 6.45) is 16.7. The summed E-state index contributed by atoms with van der Waals surface area (Å²) in [7, 11) is 1.58. The minimum atomic E-state index is -0.307. The van der Waals surface area contributed by atoms with Gasteiger partial charge >= 0.3 is 0 Å². The SMILES string of the molecule is CCCCCCCCCCCC(=O)N(CC(=O)NCC(=O)Nc1ccc(OC)cc1)C1CCCCC1. The van der Waals surface area contributed by atoms with E-state index >= 15 is 0 Å². The summed E-state index contributed by atoms with van der Waals surface area (Å²) in [5, 5.41) is 5.44. The highest BCUT2D eigenvalue weighted by molar-refractivity contribution is 5.95. The third-order valence-electron chi connectivity index (χ3n) is 6.96. The molecular formula is C29H47N3O4. The fourth-order valence-corrected chi connectivity index (χ4v) is 4.81. The van der Waals surface area contributed by atoms with Gasteiger partial charge in [-0.05, 0) is 43.5 Å². The molecule has 1 fully saturated rings. The number of carbonyl (C=O) groups excluding carboxylic acids is 3. The molecule has 1 aliphatic carbocycles. The van der Waals surface area contributed by atoms with Gasteiger partial charge in [0, 0.05) is 18.2 Å². The summed E-state index contributed by atoms with van der Waals surface area (Å²) in [4.78, 5) is 39.8. The number of unbranched alkanes of at least 4 members (excludes halogenated alkanes) is 8. The second-order valence-electron chi connectivity index (χ2n) is 9.95. The van der Waals surface area contributed by atoms with Gasteiger partial charge < -0.3 is 20.3 Å². The molecule has 2 rings (SSSR count). The third-order valence-corrected chi connectivity index (χ3v) is 6.96. The van der Waals surface area contributed by atoms with Crippen LogP contribution in [0.1, 0.15) is 103 Å². The van der Waals surface area contributed by atoms with Gasteiger partial charge in [-0.25, -0.2) is 0 Å². The zero-order valence-corrected chi connectivity index (χ0v) is 22.5. The number of ether oxygens (including phenoxy) is 1. The standard InChI is InChI=1S/C29H47N3O4/c1-3-4-5-6-7-8-9-10-14-17-29(35)32(25-15-12-11-13-16-25)23-28(34)30-22-27(33)31-24-18-20-26(36-2)21-19-24/h18-21,25H,3-17,22-23H2,1-2H3,(H,30,34)(H,31,33). The normalized spacial score (nSPS) is 13.7. The average molecular weight is 502 g/mol. The minimum Gasteiger partial charge on any atom is -0.497 e. The van der Waals surface area contributed by atoms with Gasteiger partial charge in [-0.2, -0.15) is 0 Å². The topological polar surface area (TPSA) is 87.7 Å². The van der Waals surface area contributed by atoms with Crippen molar-refractivity contribution in [3.8, 4) is 5.75 Å². The van der Waals surface area contributed by atoms with Gasteiger partial charge in [-0.15, -0.1) is 0 Å². The van der Waals surface area contributed by atoms with Crippen molar-refractivity contribution in [2.45, 2.75) is 109 Å². The molecule has 1 saturated carbocycles. The van der Waals surface area contributed by atoms with Crippen LogP contribution in [-0.4, -0.2) is 48.9 Å². The number of benzene rings is 1. The van der Waals surface area contributed by atoms with E-state index in [-0.39, 0.29) is 36.9 Å². The summed E-state index contributed by atoms with van der Waals surface area (Å²) in [5.74, 6) is 0.184. The molecule has 0 aliphatic heterocycles. The predicted octanol–water partition coefficient (Wildman–Crippen LogP) is 5.83. The molecule has 1 aromatic carbocycles. The largest absolute Gasteiger partial charge is 0.497 e. The Balaban J connectivity index is 1.74. The Morgan fingerprint density at radius 2 is 1.47 bits per heavy atom. The number of amides is 3. The lowest BCUT2D eigenvalue weighted by Crippen LogP contribution is -2.48. The van der Waals surface area contributed by atoms with E-state index < -0.39 is 0 Å². The van der Waals surface area contributed by atoms with Crippen molar-refractivity contribution in [3.05, 3.63) is 24.3 Å². The number of hydrogen-bond donors (Lipinski definition) is 2. The Labute approximate surface area is 217 Å². The first-order chi connectivity index (χ1) is 17.5. The van der Waals surface area contributed by atoms with Crippen molar-refractivity contribution in [3.63, 3.8) is 0 Å². The highest BCUT2D eigenvalue weighted by Crippen LogP contribution is 2.23.